The highest BCUT2D eigenvalue weighted by Gasteiger charge is 2.09. The predicted molar refractivity (Wildman–Crippen MR) is 101 cm³/mol. The minimum atomic E-state index is -0.378. The highest BCUT2D eigenvalue weighted by Crippen LogP contribution is 2.22. The number of rotatable bonds is 4. The van der Waals surface area contributed by atoms with Crippen molar-refractivity contribution in [3.05, 3.63) is 76.7 Å². The summed E-state index contributed by atoms with van der Waals surface area (Å²) in [6.07, 6.45) is 2.88. The second-order valence-electron chi connectivity index (χ2n) is 5.51. The minimum Gasteiger partial charge on any atom is -0.339 e. The van der Waals surface area contributed by atoms with E-state index < -0.39 is 0 Å². The van der Waals surface area contributed by atoms with E-state index in [1.165, 1.54) is 12.4 Å². The van der Waals surface area contributed by atoms with E-state index in [1.807, 2.05) is 25.1 Å². The van der Waals surface area contributed by atoms with Gasteiger partial charge in [0.2, 0.25) is 0 Å². The zero-order valence-electron chi connectivity index (χ0n) is 13.8. The van der Waals surface area contributed by atoms with Gasteiger partial charge in [-0.15, -0.1) is 0 Å². The van der Waals surface area contributed by atoms with Crippen molar-refractivity contribution in [2.45, 2.75) is 6.92 Å². The Bertz CT molecular complexity index is 978. The summed E-state index contributed by atoms with van der Waals surface area (Å²) in [4.78, 5) is 20.6. The minimum absolute atomic E-state index is 0.188. The highest BCUT2D eigenvalue weighted by molar-refractivity contribution is 6.30. The van der Waals surface area contributed by atoms with Crippen molar-refractivity contribution in [2.75, 3.05) is 10.6 Å². The standard InChI is InChI=1S/C19H14ClN5O/c1-12-8-14(20)4-7-16(12)25-18-11-22-17(10-23-18)19(26)24-15-5-2-13(9-21)3-6-15/h2-8,10-11H,1H3,(H,23,25)(H,24,26). The lowest BCUT2D eigenvalue weighted by Crippen LogP contribution is -2.14. The van der Waals surface area contributed by atoms with Gasteiger partial charge >= 0.3 is 0 Å². The van der Waals surface area contributed by atoms with Gasteiger partial charge in [0.1, 0.15) is 11.5 Å². The van der Waals surface area contributed by atoms with Crippen molar-refractivity contribution < 1.29 is 4.79 Å². The lowest BCUT2D eigenvalue weighted by atomic mass is 10.2. The molecule has 0 saturated heterocycles. The first-order valence-corrected chi connectivity index (χ1v) is 8.10. The Morgan fingerprint density at radius 2 is 1.88 bits per heavy atom. The largest absolute Gasteiger partial charge is 0.339 e. The number of amides is 1. The topological polar surface area (TPSA) is 90.7 Å². The van der Waals surface area contributed by atoms with Crippen LogP contribution in [0.3, 0.4) is 0 Å². The zero-order chi connectivity index (χ0) is 18.5. The van der Waals surface area contributed by atoms with Gasteiger partial charge in [0.25, 0.3) is 5.91 Å². The zero-order valence-corrected chi connectivity index (χ0v) is 14.6. The maximum atomic E-state index is 12.2. The predicted octanol–water partition coefficient (Wildman–Crippen LogP) is 4.31. The number of aromatic nitrogens is 2. The summed E-state index contributed by atoms with van der Waals surface area (Å²) < 4.78 is 0. The molecule has 0 aliphatic heterocycles. The number of hydrogen-bond acceptors (Lipinski definition) is 5. The number of nitrogens with zero attached hydrogens (tertiary/aromatic N) is 3. The summed E-state index contributed by atoms with van der Waals surface area (Å²) in [6, 6.07) is 14.1. The van der Waals surface area contributed by atoms with E-state index >= 15 is 0 Å². The summed E-state index contributed by atoms with van der Waals surface area (Å²) >= 11 is 5.94. The first-order chi connectivity index (χ1) is 12.5. The van der Waals surface area contributed by atoms with Crippen LogP contribution in [-0.2, 0) is 0 Å². The van der Waals surface area contributed by atoms with Crippen LogP contribution < -0.4 is 10.6 Å². The normalized spacial score (nSPS) is 10.0. The van der Waals surface area contributed by atoms with Crippen molar-refractivity contribution in [3.8, 4) is 6.07 Å². The molecule has 1 heterocycles. The number of nitriles is 1. The third-order valence-corrected chi connectivity index (χ3v) is 3.84. The van der Waals surface area contributed by atoms with Crippen LogP contribution in [0.5, 0.6) is 0 Å². The first kappa shape index (κ1) is 17.4. The summed E-state index contributed by atoms with van der Waals surface area (Å²) in [6.45, 7) is 1.93. The van der Waals surface area contributed by atoms with E-state index in [4.69, 9.17) is 16.9 Å². The Kier molecular flexibility index (Phi) is 5.11. The molecule has 0 spiro atoms. The first-order valence-electron chi connectivity index (χ1n) is 7.72. The van der Waals surface area contributed by atoms with Crippen LogP contribution in [0.25, 0.3) is 0 Å². The molecule has 7 heteroatoms. The number of benzene rings is 2. The average Bonchev–Trinajstić information content (AvgIpc) is 2.65. The summed E-state index contributed by atoms with van der Waals surface area (Å²) in [5, 5.41) is 15.3. The van der Waals surface area contributed by atoms with Gasteiger partial charge in [-0.3, -0.25) is 4.79 Å². The summed E-state index contributed by atoms with van der Waals surface area (Å²) in [7, 11) is 0. The molecule has 0 fully saturated rings. The monoisotopic (exact) mass is 363 g/mol. The molecule has 6 nitrogen and oxygen atoms in total. The van der Waals surface area contributed by atoms with E-state index in [0.29, 0.717) is 22.1 Å². The number of carbonyl (C=O) groups is 1. The van der Waals surface area contributed by atoms with Gasteiger partial charge in [0, 0.05) is 16.4 Å². The molecular formula is C19H14ClN5O. The van der Waals surface area contributed by atoms with Crippen LogP contribution >= 0.6 is 11.6 Å². The van der Waals surface area contributed by atoms with Gasteiger partial charge < -0.3 is 10.6 Å². The molecule has 0 radical (unpaired) electrons. The molecule has 1 aromatic heterocycles. The molecule has 0 aliphatic carbocycles. The molecule has 128 valence electrons. The number of halogens is 1. The second kappa shape index (κ2) is 7.64. The number of aryl methyl sites for hydroxylation is 1. The quantitative estimate of drug-likeness (QED) is 0.720. The molecule has 0 saturated carbocycles. The Morgan fingerprint density at radius 1 is 1.12 bits per heavy atom. The maximum absolute atomic E-state index is 12.2. The van der Waals surface area contributed by atoms with Crippen LogP contribution in [0.2, 0.25) is 5.02 Å². The SMILES string of the molecule is Cc1cc(Cl)ccc1Nc1cnc(C(=O)Nc2ccc(C#N)cc2)cn1. The fraction of sp³-hybridized carbons (Fsp3) is 0.0526. The molecule has 2 N–H and O–H groups in total. The molecule has 0 bridgehead atoms. The molecule has 0 aliphatic rings. The Labute approximate surface area is 155 Å². The molecular weight excluding hydrogens is 350 g/mol. The van der Waals surface area contributed by atoms with Crippen molar-refractivity contribution in [3.63, 3.8) is 0 Å². The van der Waals surface area contributed by atoms with Gasteiger partial charge in [-0.1, -0.05) is 11.6 Å². The maximum Gasteiger partial charge on any atom is 0.275 e. The van der Waals surface area contributed by atoms with Crippen molar-refractivity contribution in [1.82, 2.24) is 9.97 Å². The molecule has 26 heavy (non-hydrogen) atoms. The smallest absolute Gasteiger partial charge is 0.275 e. The summed E-state index contributed by atoms with van der Waals surface area (Å²) in [5.74, 6) is 0.141. The van der Waals surface area contributed by atoms with Crippen molar-refractivity contribution in [1.29, 1.82) is 5.26 Å². The number of carbonyl (C=O) groups excluding carboxylic acids is 1. The average molecular weight is 364 g/mol. The van der Waals surface area contributed by atoms with Gasteiger partial charge in [-0.05, 0) is 55.0 Å². The van der Waals surface area contributed by atoms with E-state index in [-0.39, 0.29) is 11.6 Å². The van der Waals surface area contributed by atoms with E-state index in [9.17, 15) is 4.79 Å². The molecule has 1 amide bonds. The Morgan fingerprint density at radius 3 is 2.50 bits per heavy atom. The number of nitrogens with one attached hydrogen (secondary N) is 2. The van der Waals surface area contributed by atoms with Crippen LogP contribution in [0, 0.1) is 18.3 Å². The van der Waals surface area contributed by atoms with Gasteiger partial charge in [0.05, 0.1) is 24.0 Å². The molecule has 0 atom stereocenters. The van der Waals surface area contributed by atoms with E-state index in [0.717, 1.165) is 11.3 Å². The third-order valence-electron chi connectivity index (χ3n) is 3.61. The van der Waals surface area contributed by atoms with Gasteiger partial charge in [0.15, 0.2) is 0 Å². The molecule has 0 unspecified atom stereocenters. The number of hydrogen-bond donors (Lipinski definition) is 2. The van der Waals surface area contributed by atoms with Crippen LogP contribution in [0.4, 0.5) is 17.2 Å². The van der Waals surface area contributed by atoms with Crippen LogP contribution in [-0.4, -0.2) is 15.9 Å². The Balaban J connectivity index is 1.68. The van der Waals surface area contributed by atoms with Crippen LogP contribution in [0.15, 0.2) is 54.9 Å². The van der Waals surface area contributed by atoms with Crippen molar-refractivity contribution >= 4 is 34.7 Å². The lowest BCUT2D eigenvalue weighted by Gasteiger charge is -2.09. The third kappa shape index (κ3) is 4.15. The molecule has 2 aromatic carbocycles. The van der Waals surface area contributed by atoms with E-state index in [2.05, 4.69) is 20.6 Å². The van der Waals surface area contributed by atoms with Crippen molar-refractivity contribution in [2.24, 2.45) is 0 Å². The highest BCUT2D eigenvalue weighted by atomic mass is 35.5. The summed E-state index contributed by atoms with van der Waals surface area (Å²) in [5.41, 5.74) is 3.12. The molecule has 3 aromatic rings. The fourth-order valence-corrected chi connectivity index (χ4v) is 2.47. The van der Waals surface area contributed by atoms with Gasteiger partial charge in [-0.2, -0.15) is 5.26 Å². The molecule has 3 rings (SSSR count). The second-order valence-corrected chi connectivity index (χ2v) is 5.95. The number of anilines is 3. The lowest BCUT2D eigenvalue weighted by molar-refractivity contribution is 0.102. The van der Waals surface area contributed by atoms with E-state index in [1.54, 1.807) is 30.3 Å². The van der Waals surface area contributed by atoms with Crippen LogP contribution in [0.1, 0.15) is 21.6 Å². The van der Waals surface area contributed by atoms with Gasteiger partial charge in [-0.25, -0.2) is 9.97 Å². The fourth-order valence-electron chi connectivity index (χ4n) is 2.24. The Hall–Kier alpha value is -3.43.